The van der Waals surface area contributed by atoms with Crippen LogP contribution in [0.1, 0.15) is 21.7 Å². The highest BCUT2D eigenvalue weighted by Gasteiger charge is 2.12. The third-order valence-corrected chi connectivity index (χ3v) is 5.72. The fourth-order valence-electron chi connectivity index (χ4n) is 3.71. The molecule has 1 aromatic heterocycles. The number of carbonyl (C=O) groups excluding carboxylic acids is 1. The quantitative estimate of drug-likeness (QED) is 0.425. The first-order valence-electron chi connectivity index (χ1n) is 10.7. The number of aromatic nitrogens is 2. The predicted octanol–water partition coefficient (Wildman–Crippen LogP) is 4.27. The summed E-state index contributed by atoms with van der Waals surface area (Å²) in [5.41, 5.74) is 2.17. The number of amides is 1. The Balaban J connectivity index is 1.59. The number of hydrogen-bond donors (Lipinski definition) is 1. The van der Waals surface area contributed by atoms with Gasteiger partial charge in [0.15, 0.2) is 0 Å². The van der Waals surface area contributed by atoms with Crippen LogP contribution in [0, 0.1) is 0 Å². The molecule has 0 atom stereocenters. The lowest BCUT2D eigenvalue weighted by molar-refractivity contribution is 0.0963. The zero-order chi connectivity index (χ0) is 23.2. The molecule has 0 spiro atoms. The van der Waals surface area contributed by atoms with Crippen molar-refractivity contribution in [2.45, 2.75) is 19.4 Å². The van der Waals surface area contributed by atoms with Crippen LogP contribution in [0.15, 0.2) is 77.6 Å². The Hall–Kier alpha value is -3.64. The third kappa shape index (κ3) is 5.23. The Morgan fingerprint density at radius 1 is 1.03 bits per heavy atom. The van der Waals surface area contributed by atoms with E-state index in [1.807, 2.05) is 48.5 Å². The first-order valence-corrected chi connectivity index (χ1v) is 11.1. The molecule has 0 radical (unpaired) electrons. The van der Waals surface area contributed by atoms with Gasteiger partial charge in [-0.05, 0) is 48.4 Å². The average molecular weight is 462 g/mol. The molecular formula is C26H24ClN3O3. The molecule has 1 N–H and O–H groups in total. The van der Waals surface area contributed by atoms with Crippen LogP contribution in [0.5, 0.6) is 5.75 Å². The van der Waals surface area contributed by atoms with E-state index in [2.05, 4.69) is 5.32 Å². The Morgan fingerprint density at radius 2 is 1.82 bits per heavy atom. The van der Waals surface area contributed by atoms with Crippen LogP contribution in [0.2, 0.25) is 5.02 Å². The van der Waals surface area contributed by atoms with Crippen LogP contribution >= 0.6 is 11.6 Å². The number of ether oxygens (including phenoxy) is 1. The monoisotopic (exact) mass is 461 g/mol. The van der Waals surface area contributed by atoms with Crippen LogP contribution in [-0.2, 0) is 19.4 Å². The van der Waals surface area contributed by atoms with Gasteiger partial charge in [0.25, 0.3) is 11.5 Å². The number of carbonyl (C=O) groups is 1. The maximum Gasteiger partial charge on any atom is 0.261 e. The lowest BCUT2D eigenvalue weighted by Gasteiger charge is -2.15. The number of nitrogens with zero attached hydrogens (tertiary/aromatic N) is 2. The highest BCUT2D eigenvalue weighted by atomic mass is 35.5. The molecule has 0 unspecified atom stereocenters. The number of benzene rings is 3. The van der Waals surface area contributed by atoms with E-state index in [0.29, 0.717) is 52.4 Å². The van der Waals surface area contributed by atoms with Gasteiger partial charge >= 0.3 is 0 Å². The first kappa shape index (κ1) is 22.6. The summed E-state index contributed by atoms with van der Waals surface area (Å²) in [5.74, 6) is 1.12. The Labute approximate surface area is 196 Å². The molecule has 0 bridgehead atoms. The summed E-state index contributed by atoms with van der Waals surface area (Å²) in [6, 6.07) is 22.0. The highest BCUT2D eigenvalue weighted by Crippen LogP contribution is 2.23. The van der Waals surface area contributed by atoms with Gasteiger partial charge in [-0.25, -0.2) is 4.98 Å². The number of halogens is 1. The van der Waals surface area contributed by atoms with Crippen molar-refractivity contribution in [2.75, 3.05) is 13.7 Å². The van der Waals surface area contributed by atoms with Crippen molar-refractivity contribution >= 4 is 28.4 Å². The minimum atomic E-state index is -0.130. The molecule has 4 aromatic rings. The SMILES string of the molecule is CNC(=O)c1cccc(CCc2nc3ccccc3c(=O)n2CCOc2ccccc2Cl)c1. The fraction of sp³-hybridized carbons (Fsp3) is 0.192. The molecule has 33 heavy (non-hydrogen) atoms. The minimum absolute atomic E-state index is 0.0996. The zero-order valence-electron chi connectivity index (χ0n) is 18.3. The topological polar surface area (TPSA) is 73.2 Å². The second kappa shape index (κ2) is 10.3. The van der Waals surface area contributed by atoms with Gasteiger partial charge in [-0.15, -0.1) is 0 Å². The molecular weight excluding hydrogens is 438 g/mol. The zero-order valence-corrected chi connectivity index (χ0v) is 19.0. The lowest BCUT2D eigenvalue weighted by Crippen LogP contribution is -2.28. The van der Waals surface area contributed by atoms with Crippen LogP contribution in [0.3, 0.4) is 0 Å². The molecule has 1 amide bonds. The van der Waals surface area contributed by atoms with Gasteiger partial charge in [-0.3, -0.25) is 14.2 Å². The molecule has 0 aliphatic carbocycles. The number of rotatable bonds is 8. The van der Waals surface area contributed by atoms with E-state index in [1.165, 1.54) is 0 Å². The summed E-state index contributed by atoms with van der Waals surface area (Å²) in [5, 5.41) is 3.74. The summed E-state index contributed by atoms with van der Waals surface area (Å²) in [4.78, 5) is 30.0. The second-order valence-electron chi connectivity index (χ2n) is 7.56. The molecule has 0 fully saturated rings. The smallest absolute Gasteiger partial charge is 0.261 e. The van der Waals surface area contributed by atoms with Crippen molar-refractivity contribution in [1.82, 2.24) is 14.9 Å². The molecule has 6 nitrogen and oxygen atoms in total. The standard InChI is InChI=1S/C26H24ClN3O3/c1-28-25(31)19-8-6-7-18(17-19)13-14-24-29-22-11-4-2-9-20(22)26(32)30(24)15-16-33-23-12-5-3-10-21(23)27/h2-12,17H,13-16H2,1H3,(H,28,31). The van der Waals surface area contributed by atoms with Crippen LogP contribution in [0.4, 0.5) is 0 Å². The maximum absolute atomic E-state index is 13.2. The molecule has 168 valence electrons. The summed E-state index contributed by atoms with van der Waals surface area (Å²) >= 11 is 6.18. The molecule has 3 aromatic carbocycles. The lowest BCUT2D eigenvalue weighted by atomic mass is 10.1. The summed E-state index contributed by atoms with van der Waals surface area (Å²) < 4.78 is 7.48. The number of hydrogen-bond acceptors (Lipinski definition) is 4. The van der Waals surface area contributed by atoms with Crippen LogP contribution in [-0.4, -0.2) is 29.1 Å². The van der Waals surface area contributed by atoms with Crippen molar-refractivity contribution < 1.29 is 9.53 Å². The van der Waals surface area contributed by atoms with Crippen molar-refractivity contribution in [3.05, 3.63) is 105 Å². The van der Waals surface area contributed by atoms with Crippen LogP contribution < -0.4 is 15.6 Å². The molecule has 0 saturated heterocycles. The Kier molecular flexibility index (Phi) is 7.05. The highest BCUT2D eigenvalue weighted by molar-refractivity contribution is 6.32. The van der Waals surface area contributed by atoms with Gasteiger partial charge in [0.05, 0.1) is 22.5 Å². The maximum atomic E-state index is 13.2. The number of nitrogens with one attached hydrogen (secondary N) is 1. The van der Waals surface area contributed by atoms with Crippen molar-refractivity contribution in [3.8, 4) is 5.75 Å². The Bertz CT molecular complexity index is 1350. The molecule has 7 heteroatoms. The minimum Gasteiger partial charge on any atom is -0.490 e. The van der Waals surface area contributed by atoms with Crippen LogP contribution in [0.25, 0.3) is 10.9 Å². The molecule has 0 aliphatic heterocycles. The molecule has 4 rings (SSSR count). The number of fused-ring (bicyclic) bond motifs is 1. The van der Waals surface area contributed by atoms with Gasteiger partial charge in [0, 0.05) is 19.0 Å². The Morgan fingerprint density at radius 3 is 2.64 bits per heavy atom. The number of para-hydroxylation sites is 2. The van der Waals surface area contributed by atoms with E-state index < -0.39 is 0 Å². The molecule has 0 saturated carbocycles. The largest absolute Gasteiger partial charge is 0.490 e. The van der Waals surface area contributed by atoms with Gasteiger partial charge in [0.1, 0.15) is 18.2 Å². The average Bonchev–Trinajstić information content (AvgIpc) is 2.85. The van der Waals surface area contributed by atoms with Crippen molar-refractivity contribution in [1.29, 1.82) is 0 Å². The normalized spacial score (nSPS) is 10.8. The predicted molar refractivity (Wildman–Crippen MR) is 130 cm³/mol. The molecule has 1 heterocycles. The summed E-state index contributed by atoms with van der Waals surface area (Å²) in [6.07, 6.45) is 1.18. The van der Waals surface area contributed by atoms with Gasteiger partial charge < -0.3 is 10.1 Å². The van der Waals surface area contributed by atoms with E-state index in [0.717, 1.165) is 5.56 Å². The van der Waals surface area contributed by atoms with Gasteiger partial charge in [0.2, 0.25) is 0 Å². The van der Waals surface area contributed by atoms with Gasteiger partial charge in [-0.1, -0.05) is 48.0 Å². The number of aryl methyl sites for hydroxylation is 2. The van der Waals surface area contributed by atoms with E-state index >= 15 is 0 Å². The van der Waals surface area contributed by atoms with Gasteiger partial charge in [-0.2, -0.15) is 0 Å². The summed E-state index contributed by atoms with van der Waals surface area (Å²) in [6.45, 7) is 0.623. The van der Waals surface area contributed by atoms with E-state index in [1.54, 1.807) is 35.9 Å². The fourth-order valence-corrected chi connectivity index (χ4v) is 3.90. The van der Waals surface area contributed by atoms with Crippen molar-refractivity contribution in [3.63, 3.8) is 0 Å². The second-order valence-corrected chi connectivity index (χ2v) is 7.97. The van der Waals surface area contributed by atoms with E-state index in [4.69, 9.17) is 21.3 Å². The van der Waals surface area contributed by atoms with E-state index in [-0.39, 0.29) is 18.1 Å². The third-order valence-electron chi connectivity index (χ3n) is 5.40. The first-order chi connectivity index (χ1) is 16.1. The summed E-state index contributed by atoms with van der Waals surface area (Å²) in [7, 11) is 1.61. The molecule has 0 aliphatic rings. The van der Waals surface area contributed by atoms with E-state index in [9.17, 15) is 9.59 Å². The van der Waals surface area contributed by atoms with Crippen molar-refractivity contribution in [2.24, 2.45) is 0 Å².